The first-order valence-corrected chi connectivity index (χ1v) is 12.3. The van der Waals surface area contributed by atoms with Crippen LogP contribution in [-0.2, 0) is 0 Å². The van der Waals surface area contributed by atoms with Crippen LogP contribution < -0.4 is 15.5 Å². The normalized spacial score (nSPS) is 17.3. The molecule has 172 valence electrons. The van der Waals surface area contributed by atoms with E-state index in [1.54, 1.807) is 18.2 Å². The molecule has 1 aromatic carbocycles. The number of nitrogens with zero attached hydrogens (tertiary/aromatic N) is 2. The molecular formula is C24H31FN4O2S. The molecule has 0 unspecified atom stereocenters. The third kappa shape index (κ3) is 5.18. The van der Waals surface area contributed by atoms with Gasteiger partial charge in [0.1, 0.15) is 17.5 Å². The molecule has 1 saturated heterocycles. The Kier molecular flexibility index (Phi) is 6.36. The van der Waals surface area contributed by atoms with Gasteiger partial charge in [0, 0.05) is 23.7 Å². The number of benzene rings is 1. The first kappa shape index (κ1) is 22.9. The maximum atomic E-state index is 13.9. The van der Waals surface area contributed by atoms with E-state index in [4.69, 9.17) is 4.98 Å². The molecule has 2 fully saturated rings. The van der Waals surface area contributed by atoms with Crippen LogP contribution in [0.25, 0.3) is 0 Å². The summed E-state index contributed by atoms with van der Waals surface area (Å²) in [6.45, 7) is 5.45. The van der Waals surface area contributed by atoms with Crippen LogP contribution in [0.5, 0.6) is 0 Å². The third-order valence-electron chi connectivity index (χ3n) is 6.43. The van der Waals surface area contributed by atoms with E-state index in [2.05, 4.69) is 15.5 Å². The second kappa shape index (κ2) is 8.90. The fraction of sp³-hybridized carbons (Fsp3) is 0.500. The Morgan fingerprint density at radius 2 is 1.94 bits per heavy atom. The molecule has 8 heteroatoms. The SMILES string of the molecule is CSc1cc(F)cc(NC(=O)c2ccc(NC(C)(C)CO)nc2N2CCC3(CC2)CC3)c1. The summed E-state index contributed by atoms with van der Waals surface area (Å²) in [5.74, 6) is 0.530. The van der Waals surface area contributed by atoms with E-state index in [0.29, 0.717) is 28.3 Å². The summed E-state index contributed by atoms with van der Waals surface area (Å²) in [5.41, 5.74) is 0.844. The fourth-order valence-electron chi connectivity index (χ4n) is 4.14. The molecule has 2 heterocycles. The minimum Gasteiger partial charge on any atom is -0.394 e. The number of halogens is 1. The summed E-state index contributed by atoms with van der Waals surface area (Å²) >= 11 is 1.42. The number of pyridine rings is 1. The van der Waals surface area contributed by atoms with E-state index in [-0.39, 0.29) is 18.3 Å². The molecule has 1 saturated carbocycles. The number of hydrogen-bond donors (Lipinski definition) is 3. The molecule has 2 aliphatic rings. The van der Waals surface area contributed by atoms with Crippen LogP contribution in [-0.4, -0.2) is 47.5 Å². The molecule has 1 aliphatic heterocycles. The molecule has 3 N–H and O–H groups in total. The van der Waals surface area contributed by atoms with Crippen LogP contribution in [0.3, 0.4) is 0 Å². The molecular weight excluding hydrogens is 427 g/mol. The summed E-state index contributed by atoms with van der Waals surface area (Å²) in [4.78, 5) is 20.9. The van der Waals surface area contributed by atoms with Crippen LogP contribution >= 0.6 is 11.8 Å². The molecule has 0 atom stereocenters. The lowest BCUT2D eigenvalue weighted by atomic mass is 9.93. The molecule has 1 spiro atoms. The van der Waals surface area contributed by atoms with Gasteiger partial charge in [-0.05, 0) is 81.5 Å². The smallest absolute Gasteiger partial charge is 0.259 e. The maximum Gasteiger partial charge on any atom is 0.259 e. The Morgan fingerprint density at radius 3 is 2.56 bits per heavy atom. The molecule has 4 rings (SSSR count). The molecule has 2 aromatic rings. The van der Waals surface area contributed by atoms with E-state index in [0.717, 1.165) is 30.8 Å². The van der Waals surface area contributed by atoms with Gasteiger partial charge in [0.2, 0.25) is 0 Å². The second-order valence-electron chi connectivity index (χ2n) is 9.56. The largest absolute Gasteiger partial charge is 0.394 e. The number of aromatic nitrogens is 1. The fourth-order valence-corrected chi connectivity index (χ4v) is 4.62. The highest BCUT2D eigenvalue weighted by atomic mass is 32.2. The number of nitrogens with one attached hydrogen (secondary N) is 2. The molecule has 1 aliphatic carbocycles. The van der Waals surface area contributed by atoms with Crippen molar-refractivity contribution < 1.29 is 14.3 Å². The van der Waals surface area contributed by atoms with Crippen molar-refractivity contribution >= 4 is 35.0 Å². The molecule has 6 nitrogen and oxygen atoms in total. The zero-order chi connectivity index (χ0) is 22.9. The first-order valence-electron chi connectivity index (χ1n) is 11.0. The monoisotopic (exact) mass is 458 g/mol. The zero-order valence-corrected chi connectivity index (χ0v) is 19.7. The average molecular weight is 459 g/mol. The maximum absolute atomic E-state index is 13.9. The van der Waals surface area contributed by atoms with Crippen molar-refractivity contribution in [2.75, 3.05) is 41.5 Å². The van der Waals surface area contributed by atoms with Crippen molar-refractivity contribution in [2.24, 2.45) is 5.41 Å². The van der Waals surface area contributed by atoms with Gasteiger partial charge >= 0.3 is 0 Å². The Bertz CT molecular complexity index is 999. The zero-order valence-electron chi connectivity index (χ0n) is 18.9. The van der Waals surface area contributed by atoms with E-state index in [1.807, 2.05) is 20.1 Å². The highest BCUT2D eigenvalue weighted by Gasteiger charge is 2.45. The minimum absolute atomic E-state index is 0.0458. The predicted octanol–water partition coefficient (Wildman–Crippen LogP) is 4.76. The van der Waals surface area contributed by atoms with Crippen LogP contribution in [0.15, 0.2) is 35.2 Å². The van der Waals surface area contributed by atoms with Gasteiger partial charge in [-0.3, -0.25) is 4.79 Å². The highest BCUT2D eigenvalue weighted by Crippen LogP contribution is 2.54. The van der Waals surface area contributed by atoms with E-state index >= 15 is 0 Å². The third-order valence-corrected chi connectivity index (χ3v) is 7.13. The number of carbonyl (C=O) groups excluding carboxylic acids is 1. The number of amides is 1. The molecule has 0 radical (unpaired) electrons. The number of piperidine rings is 1. The summed E-state index contributed by atoms with van der Waals surface area (Å²) in [6, 6.07) is 8.03. The van der Waals surface area contributed by atoms with Crippen molar-refractivity contribution in [1.29, 1.82) is 0 Å². The summed E-state index contributed by atoms with van der Waals surface area (Å²) < 4.78 is 13.9. The number of rotatable bonds is 7. The number of aliphatic hydroxyl groups is 1. The second-order valence-corrected chi connectivity index (χ2v) is 10.4. The van der Waals surface area contributed by atoms with Gasteiger partial charge in [-0.2, -0.15) is 0 Å². The number of aliphatic hydroxyl groups excluding tert-OH is 1. The van der Waals surface area contributed by atoms with Crippen LogP contribution in [0.2, 0.25) is 0 Å². The molecule has 32 heavy (non-hydrogen) atoms. The highest BCUT2D eigenvalue weighted by molar-refractivity contribution is 7.98. The van der Waals surface area contributed by atoms with Crippen LogP contribution in [0, 0.1) is 11.2 Å². The molecule has 1 amide bonds. The van der Waals surface area contributed by atoms with E-state index in [9.17, 15) is 14.3 Å². The summed E-state index contributed by atoms with van der Waals surface area (Å²) in [5, 5.41) is 15.7. The van der Waals surface area contributed by atoms with Crippen LogP contribution in [0.4, 0.5) is 21.7 Å². The van der Waals surface area contributed by atoms with Gasteiger partial charge in [0.05, 0.1) is 17.7 Å². The summed E-state index contributed by atoms with van der Waals surface area (Å²) in [6.07, 6.45) is 6.68. The van der Waals surface area contributed by atoms with Crippen molar-refractivity contribution in [3.05, 3.63) is 41.7 Å². The van der Waals surface area contributed by atoms with Crippen molar-refractivity contribution in [1.82, 2.24) is 4.98 Å². The number of hydrogen-bond acceptors (Lipinski definition) is 6. The van der Waals surface area contributed by atoms with Crippen LogP contribution in [0.1, 0.15) is 49.9 Å². The number of carbonyl (C=O) groups is 1. The first-order chi connectivity index (χ1) is 15.2. The van der Waals surface area contributed by atoms with Crippen molar-refractivity contribution in [2.45, 2.75) is 50.0 Å². The van der Waals surface area contributed by atoms with Gasteiger partial charge in [-0.1, -0.05) is 0 Å². The lowest BCUT2D eigenvalue weighted by molar-refractivity contribution is 0.102. The Morgan fingerprint density at radius 1 is 1.22 bits per heavy atom. The Balaban J connectivity index is 1.62. The van der Waals surface area contributed by atoms with Crippen molar-refractivity contribution in [3.8, 4) is 0 Å². The topological polar surface area (TPSA) is 77.5 Å². The van der Waals surface area contributed by atoms with Gasteiger partial charge in [0.15, 0.2) is 0 Å². The van der Waals surface area contributed by atoms with Gasteiger partial charge in [-0.15, -0.1) is 11.8 Å². The lowest BCUT2D eigenvalue weighted by Crippen LogP contribution is -2.38. The molecule has 1 aromatic heterocycles. The van der Waals surface area contributed by atoms with E-state index in [1.165, 1.54) is 36.7 Å². The average Bonchev–Trinajstić information content (AvgIpc) is 3.52. The van der Waals surface area contributed by atoms with Gasteiger partial charge < -0.3 is 20.6 Å². The summed E-state index contributed by atoms with van der Waals surface area (Å²) in [7, 11) is 0. The quantitative estimate of drug-likeness (QED) is 0.520. The lowest BCUT2D eigenvalue weighted by Gasteiger charge is -2.34. The van der Waals surface area contributed by atoms with Crippen molar-refractivity contribution in [3.63, 3.8) is 0 Å². The minimum atomic E-state index is -0.538. The Labute approximate surface area is 193 Å². The molecule has 0 bridgehead atoms. The Hall–Kier alpha value is -2.32. The van der Waals surface area contributed by atoms with E-state index < -0.39 is 5.54 Å². The predicted molar refractivity (Wildman–Crippen MR) is 128 cm³/mol. The van der Waals surface area contributed by atoms with Gasteiger partial charge in [0.25, 0.3) is 5.91 Å². The van der Waals surface area contributed by atoms with Gasteiger partial charge in [-0.25, -0.2) is 9.37 Å². The number of anilines is 3. The standard InChI is InChI=1S/C24H31FN4O2S/c1-23(2,15-30)28-20-5-4-19(21(27-20)29-10-8-24(6-7-24)9-11-29)22(31)26-17-12-16(25)13-18(14-17)32-3/h4-5,12-14,30H,6-11,15H2,1-3H3,(H,26,31)(H,27,28). The number of thioether (sulfide) groups is 1.